The van der Waals surface area contributed by atoms with Gasteiger partial charge in [-0.1, -0.05) is 49.3 Å². The van der Waals surface area contributed by atoms with E-state index < -0.39 is 0 Å². The molecule has 0 bridgehead atoms. The number of aryl methyl sites for hydroxylation is 2. The van der Waals surface area contributed by atoms with E-state index in [1.54, 1.807) is 0 Å². The first-order chi connectivity index (χ1) is 15.2. The van der Waals surface area contributed by atoms with Gasteiger partial charge in [-0.15, -0.1) is 24.0 Å². The van der Waals surface area contributed by atoms with Crippen molar-refractivity contribution in [3.63, 3.8) is 0 Å². The predicted octanol–water partition coefficient (Wildman–Crippen LogP) is 3.46. The summed E-state index contributed by atoms with van der Waals surface area (Å²) >= 11 is 0. The Morgan fingerprint density at radius 3 is 2.62 bits per heavy atom. The van der Waals surface area contributed by atoms with Gasteiger partial charge < -0.3 is 20.1 Å². The minimum atomic E-state index is 0. The van der Waals surface area contributed by atoms with Crippen LogP contribution >= 0.6 is 24.0 Å². The lowest BCUT2D eigenvalue weighted by molar-refractivity contribution is 0.0891. The number of piperazine rings is 1. The molecule has 1 aliphatic rings. The van der Waals surface area contributed by atoms with Crippen LogP contribution in [-0.4, -0.2) is 67.7 Å². The Hall–Kier alpha value is -1.65. The van der Waals surface area contributed by atoms with E-state index in [0.717, 1.165) is 75.0 Å². The van der Waals surface area contributed by atoms with Crippen LogP contribution in [0, 0.1) is 0 Å². The van der Waals surface area contributed by atoms with Gasteiger partial charge in [0.05, 0.1) is 5.69 Å². The molecule has 1 aromatic heterocycles. The van der Waals surface area contributed by atoms with Gasteiger partial charge in [0.15, 0.2) is 5.96 Å². The number of rotatable bonds is 9. The zero-order valence-corrected chi connectivity index (χ0v) is 22.3. The van der Waals surface area contributed by atoms with Crippen LogP contribution < -0.4 is 10.6 Å². The fourth-order valence-electron chi connectivity index (χ4n) is 4.24. The molecule has 0 saturated carbocycles. The van der Waals surface area contributed by atoms with E-state index in [-0.39, 0.29) is 24.0 Å². The van der Waals surface area contributed by atoms with Gasteiger partial charge in [0.1, 0.15) is 5.76 Å². The SMILES string of the molecule is CCc1noc(CC)c1CNC(=NC)NCCCN1CCN(C)CC1c1ccccc1.I. The lowest BCUT2D eigenvalue weighted by Gasteiger charge is -2.40. The van der Waals surface area contributed by atoms with Crippen LogP contribution in [0.2, 0.25) is 0 Å². The normalized spacial score (nSPS) is 17.8. The van der Waals surface area contributed by atoms with E-state index in [1.165, 1.54) is 5.56 Å². The molecule has 2 aromatic rings. The smallest absolute Gasteiger partial charge is 0.191 e. The molecule has 2 heterocycles. The summed E-state index contributed by atoms with van der Waals surface area (Å²) in [5.41, 5.74) is 3.60. The predicted molar refractivity (Wildman–Crippen MR) is 142 cm³/mol. The van der Waals surface area contributed by atoms with E-state index in [1.807, 2.05) is 7.05 Å². The van der Waals surface area contributed by atoms with E-state index in [9.17, 15) is 0 Å². The molecule has 1 aliphatic heterocycles. The number of aromatic nitrogens is 1. The zero-order chi connectivity index (χ0) is 22.1. The first-order valence-electron chi connectivity index (χ1n) is 11.5. The Bertz CT molecular complexity index is 804. The number of halogens is 1. The largest absolute Gasteiger partial charge is 0.361 e. The highest BCUT2D eigenvalue weighted by molar-refractivity contribution is 14.0. The Labute approximate surface area is 210 Å². The first-order valence-corrected chi connectivity index (χ1v) is 11.5. The summed E-state index contributed by atoms with van der Waals surface area (Å²) in [5.74, 6) is 1.78. The molecular weight excluding hydrogens is 515 g/mol. The number of hydrogen-bond acceptors (Lipinski definition) is 5. The Morgan fingerprint density at radius 1 is 1.16 bits per heavy atom. The number of aliphatic imine (C=N–C) groups is 1. The maximum atomic E-state index is 5.46. The Morgan fingerprint density at radius 2 is 1.94 bits per heavy atom. The van der Waals surface area contributed by atoms with Gasteiger partial charge in [0, 0.05) is 64.3 Å². The summed E-state index contributed by atoms with van der Waals surface area (Å²) < 4.78 is 5.46. The number of benzene rings is 1. The number of nitrogens with zero attached hydrogens (tertiary/aromatic N) is 4. The van der Waals surface area contributed by atoms with Crippen molar-refractivity contribution in [2.75, 3.05) is 46.8 Å². The van der Waals surface area contributed by atoms with Crippen molar-refractivity contribution in [1.29, 1.82) is 0 Å². The van der Waals surface area contributed by atoms with Crippen LogP contribution in [0.15, 0.2) is 39.8 Å². The summed E-state index contributed by atoms with van der Waals surface area (Å²) in [6.07, 6.45) is 2.80. The lowest BCUT2D eigenvalue weighted by atomic mass is 10.0. The Balaban J connectivity index is 0.00000363. The van der Waals surface area contributed by atoms with Crippen molar-refractivity contribution >= 4 is 29.9 Å². The molecule has 3 rings (SSSR count). The van der Waals surface area contributed by atoms with Crippen LogP contribution in [0.4, 0.5) is 0 Å². The molecule has 0 spiro atoms. The quantitative estimate of drug-likeness (QED) is 0.214. The fraction of sp³-hybridized carbons (Fsp3) is 0.583. The standard InChI is InChI=1S/C24H38N6O.HI/c1-5-21-20(23(6-2)31-28-21)17-27-24(25-3)26-13-10-14-30-16-15-29(4)18-22(30)19-11-8-7-9-12-19;/h7-9,11-12,22H,5-6,10,13-18H2,1-4H3,(H2,25,26,27);1H. The molecule has 32 heavy (non-hydrogen) atoms. The third-order valence-corrected chi connectivity index (χ3v) is 6.06. The van der Waals surface area contributed by atoms with Gasteiger partial charge in [0.2, 0.25) is 0 Å². The van der Waals surface area contributed by atoms with Gasteiger partial charge in [-0.3, -0.25) is 9.89 Å². The van der Waals surface area contributed by atoms with Crippen molar-refractivity contribution in [1.82, 2.24) is 25.6 Å². The molecule has 0 amide bonds. The molecule has 1 aromatic carbocycles. The number of hydrogen-bond donors (Lipinski definition) is 2. The van der Waals surface area contributed by atoms with Crippen molar-refractivity contribution in [2.24, 2.45) is 4.99 Å². The van der Waals surface area contributed by atoms with Crippen LogP contribution in [-0.2, 0) is 19.4 Å². The van der Waals surface area contributed by atoms with E-state index in [4.69, 9.17) is 4.52 Å². The molecule has 7 nitrogen and oxygen atoms in total. The molecule has 8 heteroatoms. The lowest BCUT2D eigenvalue weighted by Crippen LogP contribution is -2.47. The number of guanidine groups is 1. The van der Waals surface area contributed by atoms with E-state index >= 15 is 0 Å². The van der Waals surface area contributed by atoms with Gasteiger partial charge >= 0.3 is 0 Å². The maximum Gasteiger partial charge on any atom is 0.191 e. The highest BCUT2D eigenvalue weighted by atomic mass is 127. The van der Waals surface area contributed by atoms with Gasteiger partial charge in [0.25, 0.3) is 0 Å². The van der Waals surface area contributed by atoms with Gasteiger partial charge in [-0.2, -0.15) is 0 Å². The van der Waals surface area contributed by atoms with Crippen LogP contribution in [0.5, 0.6) is 0 Å². The van der Waals surface area contributed by atoms with Crippen molar-refractivity contribution in [3.8, 4) is 0 Å². The third-order valence-electron chi connectivity index (χ3n) is 6.06. The van der Waals surface area contributed by atoms with Crippen molar-refractivity contribution in [3.05, 3.63) is 52.9 Å². The van der Waals surface area contributed by atoms with Gasteiger partial charge in [-0.05, 0) is 25.5 Å². The monoisotopic (exact) mass is 554 g/mol. The second kappa shape index (κ2) is 13.8. The zero-order valence-electron chi connectivity index (χ0n) is 19.9. The highest BCUT2D eigenvalue weighted by Crippen LogP contribution is 2.24. The minimum absolute atomic E-state index is 0. The fourth-order valence-corrected chi connectivity index (χ4v) is 4.24. The Kier molecular flexibility index (Phi) is 11.5. The first kappa shape index (κ1) is 26.6. The van der Waals surface area contributed by atoms with E-state index in [0.29, 0.717) is 12.6 Å². The summed E-state index contributed by atoms with van der Waals surface area (Å²) in [6.45, 7) is 10.2. The average molecular weight is 555 g/mol. The van der Waals surface area contributed by atoms with Crippen LogP contribution in [0.1, 0.15) is 48.9 Å². The summed E-state index contributed by atoms with van der Waals surface area (Å²) in [4.78, 5) is 9.42. The van der Waals surface area contributed by atoms with Crippen LogP contribution in [0.3, 0.4) is 0 Å². The molecule has 1 atom stereocenters. The van der Waals surface area contributed by atoms with Crippen LogP contribution in [0.25, 0.3) is 0 Å². The summed E-state index contributed by atoms with van der Waals surface area (Å²) in [7, 11) is 4.03. The van der Waals surface area contributed by atoms with E-state index in [2.05, 4.69) is 81.8 Å². The molecule has 178 valence electrons. The molecular formula is C24H39IN6O. The molecule has 2 N–H and O–H groups in total. The van der Waals surface area contributed by atoms with Gasteiger partial charge in [-0.25, -0.2) is 0 Å². The second-order valence-electron chi connectivity index (χ2n) is 8.17. The average Bonchev–Trinajstić information content (AvgIpc) is 3.22. The molecule has 1 fully saturated rings. The summed E-state index contributed by atoms with van der Waals surface area (Å²) in [6, 6.07) is 11.3. The topological polar surface area (TPSA) is 68.9 Å². The molecule has 0 radical (unpaired) electrons. The number of likely N-dealkylation sites (N-methyl/N-ethyl adjacent to an activating group) is 1. The summed E-state index contributed by atoms with van der Waals surface area (Å²) in [5, 5.41) is 11.1. The van der Waals surface area contributed by atoms with Crippen molar-refractivity contribution in [2.45, 2.75) is 45.7 Å². The second-order valence-corrected chi connectivity index (χ2v) is 8.17. The maximum absolute atomic E-state index is 5.46. The third kappa shape index (κ3) is 7.18. The minimum Gasteiger partial charge on any atom is -0.361 e. The molecule has 1 unspecified atom stereocenters. The number of nitrogens with one attached hydrogen (secondary N) is 2. The highest BCUT2D eigenvalue weighted by Gasteiger charge is 2.25. The molecule has 1 saturated heterocycles. The van der Waals surface area contributed by atoms with Crippen molar-refractivity contribution < 1.29 is 4.52 Å². The molecule has 0 aliphatic carbocycles.